The molecular weight excluding hydrogens is 589 g/mol. The standard InChI is InChI=1S/C24H33ClN4O4S.C2HF3O2/c1-16-14-22(17(2)13-20(16)25)34(32,33)29-12-9-26-24(31)21(29)15-23(30)28-10-4-5-18(8-11-28)27(3)19-6-7-19;3-2(4,5)1(6)7/h9,12-14,18-19,21H,4-8,10-11,15H2,1-3H3,(H,26,31);(H,6,7)/t18-,21-;/m1./s1. The van der Waals surface area contributed by atoms with E-state index in [1.165, 1.54) is 31.3 Å². The van der Waals surface area contributed by atoms with E-state index in [0.717, 1.165) is 23.6 Å². The number of rotatable bonds is 6. The van der Waals surface area contributed by atoms with E-state index in [2.05, 4.69) is 17.3 Å². The van der Waals surface area contributed by atoms with Crippen LogP contribution in [0.2, 0.25) is 5.02 Å². The normalized spacial score (nSPS) is 21.6. The van der Waals surface area contributed by atoms with E-state index in [0.29, 0.717) is 41.3 Å². The second-order valence-corrected chi connectivity index (χ2v) is 12.6. The minimum absolute atomic E-state index is 0.0759. The van der Waals surface area contributed by atoms with Gasteiger partial charge in [-0.2, -0.15) is 13.2 Å². The summed E-state index contributed by atoms with van der Waals surface area (Å²) in [6.07, 6.45) is 2.65. The molecule has 0 spiro atoms. The SMILES string of the molecule is Cc1cc(S(=O)(=O)N2C=CNC(=O)[C@H]2CC(=O)N2CCC[C@@H](N(C)C3CC3)CC2)c(C)cc1Cl.O=C(O)C(F)(F)F. The summed E-state index contributed by atoms with van der Waals surface area (Å²) in [6, 6.07) is 3.09. The highest BCUT2D eigenvalue weighted by Gasteiger charge is 2.40. The van der Waals surface area contributed by atoms with Gasteiger partial charge in [-0.25, -0.2) is 13.2 Å². The van der Waals surface area contributed by atoms with Crippen LogP contribution in [0.4, 0.5) is 13.2 Å². The smallest absolute Gasteiger partial charge is 0.475 e. The van der Waals surface area contributed by atoms with Crippen LogP contribution in [0, 0.1) is 13.8 Å². The molecule has 15 heteroatoms. The summed E-state index contributed by atoms with van der Waals surface area (Å²) in [4.78, 5) is 39.2. The topological polar surface area (TPSA) is 127 Å². The summed E-state index contributed by atoms with van der Waals surface area (Å²) in [5.74, 6) is -3.47. The molecule has 1 aliphatic carbocycles. The number of likely N-dealkylation sites (tertiary alicyclic amines) is 1. The van der Waals surface area contributed by atoms with Crippen LogP contribution in [0.15, 0.2) is 29.4 Å². The molecule has 2 heterocycles. The van der Waals surface area contributed by atoms with Crippen LogP contribution in [0.5, 0.6) is 0 Å². The van der Waals surface area contributed by atoms with Crippen molar-refractivity contribution < 1.29 is 41.1 Å². The highest BCUT2D eigenvalue weighted by Crippen LogP contribution is 2.31. The number of sulfonamides is 1. The van der Waals surface area contributed by atoms with Gasteiger partial charge < -0.3 is 20.2 Å². The molecule has 0 bridgehead atoms. The first-order valence-corrected chi connectivity index (χ1v) is 14.9. The molecule has 2 fully saturated rings. The number of amides is 2. The van der Waals surface area contributed by atoms with E-state index in [9.17, 15) is 31.2 Å². The van der Waals surface area contributed by atoms with Crippen molar-refractivity contribution in [1.82, 2.24) is 19.4 Å². The lowest BCUT2D eigenvalue weighted by molar-refractivity contribution is -0.192. The Hall–Kier alpha value is -2.84. The van der Waals surface area contributed by atoms with Crippen molar-refractivity contribution >= 4 is 39.4 Å². The van der Waals surface area contributed by atoms with E-state index in [1.807, 2.05) is 0 Å². The fourth-order valence-corrected chi connectivity index (χ4v) is 6.86. The Morgan fingerprint density at radius 1 is 1.10 bits per heavy atom. The predicted octanol–water partition coefficient (Wildman–Crippen LogP) is 3.42. The van der Waals surface area contributed by atoms with Crippen LogP contribution >= 0.6 is 11.6 Å². The van der Waals surface area contributed by atoms with Gasteiger partial charge in [0.15, 0.2) is 0 Å². The molecule has 41 heavy (non-hydrogen) atoms. The number of carbonyl (C=O) groups is 3. The Balaban J connectivity index is 0.000000587. The van der Waals surface area contributed by atoms with Gasteiger partial charge in [0.1, 0.15) is 6.04 Å². The summed E-state index contributed by atoms with van der Waals surface area (Å²) in [5.41, 5.74) is 1.11. The molecule has 3 aliphatic rings. The second-order valence-electron chi connectivity index (χ2n) is 10.4. The average molecular weight is 623 g/mol. The van der Waals surface area contributed by atoms with Crippen molar-refractivity contribution in [3.05, 3.63) is 40.7 Å². The van der Waals surface area contributed by atoms with Gasteiger partial charge in [-0.05, 0) is 76.3 Å². The molecule has 10 nitrogen and oxygen atoms in total. The Morgan fingerprint density at radius 2 is 1.71 bits per heavy atom. The zero-order valence-electron chi connectivity index (χ0n) is 22.9. The van der Waals surface area contributed by atoms with Crippen molar-refractivity contribution in [2.45, 2.75) is 81.6 Å². The quantitative estimate of drug-likeness (QED) is 0.498. The Bertz CT molecular complexity index is 1300. The highest BCUT2D eigenvalue weighted by molar-refractivity contribution is 7.89. The number of carboxylic acid groups (broad SMARTS) is 1. The number of benzene rings is 1. The fourth-order valence-electron chi connectivity index (χ4n) is 4.89. The zero-order chi connectivity index (χ0) is 30.7. The maximum atomic E-state index is 13.5. The Labute approximate surface area is 242 Å². The summed E-state index contributed by atoms with van der Waals surface area (Å²) >= 11 is 6.15. The molecule has 0 radical (unpaired) electrons. The highest BCUT2D eigenvalue weighted by atomic mass is 35.5. The fraction of sp³-hybridized carbons (Fsp3) is 0.577. The van der Waals surface area contributed by atoms with Crippen molar-refractivity contribution in [3.8, 4) is 0 Å². The molecule has 228 valence electrons. The van der Waals surface area contributed by atoms with Gasteiger partial charge in [-0.15, -0.1) is 0 Å². The third kappa shape index (κ3) is 8.13. The molecule has 4 rings (SSSR count). The van der Waals surface area contributed by atoms with Crippen LogP contribution in [-0.4, -0.2) is 89.9 Å². The maximum absolute atomic E-state index is 13.5. The maximum Gasteiger partial charge on any atom is 0.490 e. The Kier molecular flexibility index (Phi) is 10.4. The lowest BCUT2D eigenvalue weighted by atomic mass is 10.1. The predicted molar refractivity (Wildman–Crippen MR) is 144 cm³/mol. The first-order valence-electron chi connectivity index (χ1n) is 13.1. The molecule has 2 aliphatic heterocycles. The van der Waals surface area contributed by atoms with Crippen molar-refractivity contribution in [2.75, 3.05) is 20.1 Å². The number of hydrogen-bond donors (Lipinski definition) is 2. The molecule has 0 unspecified atom stereocenters. The average Bonchev–Trinajstić information content (AvgIpc) is 3.74. The minimum atomic E-state index is -5.08. The summed E-state index contributed by atoms with van der Waals surface area (Å²) in [6.45, 7) is 4.64. The van der Waals surface area contributed by atoms with Crippen molar-refractivity contribution in [2.24, 2.45) is 0 Å². The molecule has 1 aromatic carbocycles. The van der Waals surface area contributed by atoms with Gasteiger partial charge in [0.25, 0.3) is 10.0 Å². The van der Waals surface area contributed by atoms with Gasteiger partial charge >= 0.3 is 12.1 Å². The second kappa shape index (κ2) is 13.0. The van der Waals surface area contributed by atoms with E-state index in [4.69, 9.17) is 21.5 Å². The third-order valence-corrected chi connectivity index (χ3v) is 9.76. The zero-order valence-corrected chi connectivity index (χ0v) is 24.5. The molecule has 2 atom stereocenters. The molecule has 2 amide bonds. The third-order valence-electron chi connectivity index (χ3n) is 7.43. The molecule has 1 saturated carbocycles. The summed E-state index contributed by atoms with van der Waals surface area (Å²) < 4.78 is 59.8. The van der Waals surface area contributed by atoms with Crippen LogP contribution < -0.4 is 5.32 Å². The van der Waals surface area contributed by atoms with Crippen LogP contribution in [0.3, 0.4) is 0 Å². The molecule has 1 saturated heterocycles. The summed E-state index contributed by atoms with van der Waals surface area (Å²) in [5, 5.41) is 10.2. The lowest BCUT2D eigenvalue weighted by Gasteiger charge is -2.33. The monoisotopic (exact) mass is 622 g/mol. The summed E-state index contributed by atoms with van der Waals surface area (Å²) in [7, 11) is -1.90. The molecule has 0 aromatic heterocycles. The molecule has 1 aromatic rings. The van der Waals surface area contributed by atoms with Gasteiger partial charge in [0.05, 0.1) is 11.3 Å². The van der Waals surface area contributed by atoms with Crippen LogP contribution in [0.1, 0.15) is 49.7 Å². The number of hydrogen-bond acceptors (Lipinski definition) is 6. The van der Waals surface area contributed by atoms with E-state index in [-0.39, 0.29) is 17.2 Å². The number of carbonyl (C=O) groups excluding carboxylic acids is 2. The van der Waals surface area contributed by atoms with Gasteiger partial charge in [0.2, 0.25) is 11.8 Å². The van der Waals surface area contributed by atoms with Gasteiger partial charge in [0, 0.05) is 42.6 Å². The lowest BCUT2D eigenvalue weighted by Crippen LogP contribution is -2.51. The first-order chi connectivity index (χ1) is 19.0. The Morgan fingerprint density at radius 3 is 2.29 bits per heavy atom. The van der Waals surface area contributed by atoms with E-state index < -0.39 is 34.1 Å². The van der Waals surface area contributed by atoms with Crippen LogP contribution in [-0.2, 0) is 24.4 Å². The van der Waals surface area contributed by atoms with Gasteiger partial charge in [-0.1, -0.05) is 11.6 Å². The first kappa shape index (κ1) is 32.7. The number of alkyl halides is 3. The minimum Gasteiger partial charge on any atom is -0.475 e. The number of nitrogens with one attached hydrogen (secondary N) is 1. The number of aryl methyl sites for hydroxylation is 2. The van der Waals surface area contributed by atoms with E-state index in [1.54, 1.807) is 24.8 Å². The molecule has 2 N–H and O–H groups in total. The number of nitrogens with zero attached hydrogens (tertiary/aromatic N) is 3. The van der Waals surface area contributed by atoms with Crippen molar-refractivity contribution in [1.29, 1.82) is 0 Å². The number of halogens is 4. The van der Waals surface area contributed by atoms with E-state index >= 15 is 0 Å². The number of aliphatic carboxylic acids is 1. The van der Waals surface area contributed by atoms with Crippen LogP contribution in [0.25, 0.3) is 0 Å². The number of carboxylic acids is 1. The van der Waals surface area contributed by atoms with Crippen molar-refractivity contribution in [3.63, 3.8) is 0 Å². The molecular formula is C26H34ClF3N4O6S. The van der Waals surface area contributed by atoms with Gasteiger partial charge in [-0.3, -0.25) is 13.9 Å². The largest absolute Gasteiger partial charge is 0.490 e.